The van der Waals surface area contributed by atoms with Gasteiger partial charge in [-0.25, -0.2) is 0 Å². The van der Waals surface area contributed by atoms with Crippen molar-refractivity contribution in [2.75, 3.05) is 4.90 Å². The van der Waals surface area contributed by atoms with Gasteiger partial charge in [0.2, 0.25) is 5.72 Å². The number of anilines is 1. The molecule has 1 unspecified atom stereocenters. The lowest BCUT2D eigenvalue weighted by atomic mass is 10.0. The third-order valence-corrected chi connectivity index (χ3v) is 3.76. The Bertz CT molecular complexity index is 714. The molecule has 1 atom stereocenters. The molecule has 0 saturated heterocycles. The van der Waals surface area contributed by atoms with Gasteiger partial charge >= 0.3 is 0 Å². The van der Waals surface area contributed by atoms with Crippen LogP contribution in [0.1, 0.15) is 17.3 Å². The molecule has 0 bridgehead atoms. The number of halogens is 1. The molecule has 3 rings (SSSR count). The molecule has 0 spiro atoms. The largest absolute Gasteiger partial charge is 0.463 e. The second-order valence-corrected chi connectivity index (χ2v) is 5.41. The van der Waals surface area contributed by atoms with Crippen LogP contribution in [-0.4, -0.2) is 11.6 Å². The summed E-state index contributed by atoms with van der Waals surface area (Å²) in [5.41, 5.74) is 0.250. The highest BCUT2D eigenvalue weighted by atomic mass is 35.5. The van der Waals surface area contributed by atoms with E-state index in [-0.39, 0.29) is 5.91 Å². The Kier molecular flexibility index (Phi) is 3.22. The number of amides is 1. The minimum Gasteiger partial charge on any atom is -0.463 e. The highest BCUT2D eigenvalue weighted by molar-refractivity contribution is 6.31. The van der Waals surface area contributed by atoms with Crippen LogP contribution < -0.4 is 9.64 Å². The first-order valence-electron chi connectivity index (χ1n) is 6.57. The first-order valence-corrected chi connectivity index (χ1v) is 6.95. The number of carbonyl (C=O) groups excluding carboxylic acids is 1. The lowest BCUT2D eigenvalue weighted by molar-refractivity contribution is 0.0741. The predicted octanol–water partition coefficient (Wildman–Crippen LogP) is 4.28. The summed E-state index contributed by atoms with van der Waals surface area (Å²) < 4.78 is 5.99. The summed E-state index contributed by atoms with van der Waals surface area (Å²) in [5.74, 6) is 0.353. The Hall–Kier alpha value is -2.26. The van der Waals surface area contributed by atoms with E-state index in [1.807, 2.05) is 37.3 Å². The van der Waals surface area contributed by atoms with Gasteiger partial charge in [-0.15, -0.1) is 0 Å². The number of rotatable bonds is 2. The fourth-order valence-corrected chi connectivity index (χ4v) is 2.60. The average molecular weight is 300 g/mol. The van der Waals surface area contributed by atoms with E-state index in [4.69, 9.17) is 16.3 Å². The van der Waals surface area contributed by atoms with Crippen LogP contribution in [0, 0.1) is 0 Å². The molecule has 106 valence electrons. The lowest BCUT2D eigenvalue weighted by Gasteiger charge is -2.43. The van der Waals surface area contributed by atoms with Crippen molar-refractivity contribution in [3.63, 3.8) is 0 Å². The fourth-order valence-electron chi connectivity index (χ4n) is 2.43. The SMILES string of the molecule is C=CC1(C)Oc2ccc(Cl)cc2C(=O)N1c1ccccc1. The molecule has 1 amide bonds. The maximum atomic E-state index is 12.9. The molecule has 1 aliphatic rings. The Morgan fingerprint density at radius 3 is 2.62 bits per heavy atom. The molecule has 0 aliphatic carbocycles. The summed E-state index contributed by atoms with van der Waals surface area (Å²) in [7, 11) is 0. The predicted molar refractivity (Wildman–Crippen MR) is 83.9 cm³/mol. The average Bonchev–Trinajstić information content (AvgIpc) is 2.49. The zero-order valence-electron chi connectivity index (χ0n) is 11.5. The first kappa shape index (κ1) is 13.7. The smallest absolute Gasteiger partial charge is 0.265 e. The number of nitrogens with zero attached hydrogens (tertiary/aromatic N) is 1. The van der Waals surface area contributed by atoms with Crippen molar-refractivity contribution in [1.29, 1.82) is 0 Å². The van der Waals surface area contributed by atoms with Crippen molar-refractivity contribution in [2.24, 2.45) is 0 Å². The number of ether oxygens (including phenoxy) is 1. The third-order valence-electron chi connectivity index (χ3n) is 3.53. The van der Waals surface area contributed by atoms with E-state index < -0.39 is 5.72 Å². The minimum absolute atomic E-state index is 0.160. The van der Waals surface area contributed by atoms with Gasteiger partial charge in [0.1, 0.15) is 5.75 Å². The van der Waals surface area contributed by atoms with Crippen LogP contribution in [0.3, 0.4) is 0 Å². The van der Waals surface area contributed by atoms with Gasteiger partial charge in [-0.1, -0.05) is 36.4 Å². The van der Waals surface area contributed by atoms with E-state index in [1.165, 1.54) is 0 Å². The number of fused-ring (bicyclic) bond motifs is 1. The Labute approximate surface area is 128 Å². The maximum absolute atomic E-state index is 12.9. The molecule has 3 nitrogen and oxygen atoms in total. The number of para-hydroxylation sites is 1. The van der Waals surface area contributed by atoms with Gasteiger partial charge in [0.15, 0.2) is 0 Å². The molecule has 0 N–H and O–H groups in total. The van der Waals surface area contributed by atoms with Gasteiger partial charge in [-0.05, 0) is 43.3 Å². The van der Waals surface area contributed by atoms with Crippen molar-refractivity contribution in [1.82, 2.24) is 0 Å². The van der Waals surface area contributed by atoms with Gasteiger partial charge in [0.25, 0.3) is 5.91 Å². The van der Waals surface area contributed by atoms with Crippen molar-refractivity contribution in [3.8, 4) is 5.75 Å². The summed E-state index contributed by atoms with van der Waals surface area (Å²) >= 11 is 5.99. The lowest BCUT2D eigenvalue weighted by Crippen LogP contribution is -2.56. The van der Waals surface area contributed by atoms with Crippen molar-refractivity contribution in [2.45, 2.75) is 12.6 Å². The summed E-state index contributed by atoms with van der Waals surface area (Å²) in [6.45, 7) is 5.62. The molecule has 4 heteroatoms. The van der Waals surface area contributed by atoms with Gasteiger partial charge < -0.3 is 4.74 Å². The van der Waals surface area contributed by atoms with E-state index in [0.717, 1.165) is 5.69 Å². The third kappa shape index (κ3) is 2.20. The van der Waals surface area contributed by atoms with Crippen LogP contribution >= 0.6 is 11.6 Å². The van der Waals surface area contributed by atoms with E-state index >= 15 is 0 Å². The van der Waals surface area contributed by atoms with Crippen LogP contribution in [0.5, 0.6) is 5.75 Å². The molecular formula is C17H14ClNO2. The van der Waals surface area contributed by atoms with Crippen molar-refractivity contribution >= 4 is 23.2 Å². The van der Waals surface area contributed by atoms with Gasteiger partial charge in [-0.2, -0.15) is 0 Å². The van der Waals surface area contributed by atoms with E-state index in [1.54, 1.807) is 29.2 Å². The van der Waals surface area contributed by atoms with Crippen LogP contribution in [-0.2, 0) is 0 Å². The Balaban J connectivity index is 2.18. The second kappa shape index (κ2) is 4.93. The number of hydrogen-bond acceptors (Lipinski definition) is 2. The molecule has 1 aliphatic heterocycles. The van der Waals surface area contributed by atoms with E-state index in [9.17, 15) is 4.79 Å². The first-order chi connectivity index (χ1) is 10.0. The quantitative estimate of drug-likeness (QED) is 0.775. The maximum Gasteiger partial charge on any atom is 0.265 e. The van der Waals surface area contributed by atoms with Crippen molar-refractivity contribution < 1.29 is 9.53 Å². The Morgan fingerprint density at radius 1 is 1.24 bits per heavy atom. The summed E-state index contributed by atoms with van der Waals surface area (Å²) in [6.07, 6.45) is 1.62. The highest BCUT2D eigenvalue weighted by Gasteiger charge is 2.42. The molecule has 1 heterocycles. The van der Waals surface area contributed by atoms with Gasteiger partial charge in [0.05, 0.1) is 5.56 Å². The van der Waals surface area contributed by atoms with Crippen LogP contribution in [0.4, 0.5) is 5.69 Å². The van der Waals surface area contributed by atoms with Crippen LogP contribution in [0.25, 0.3) is 0 Å². The zero-order valence-corrected chi connectivity index (χ0v) is 12.3. The summed E-state index contributed by atoms with van der Waals surface area (Å²) in [5, 5.41) is 0.501. The Morgan fingerprint density at radius 2 is 1.95 bits per heavy atom. The summed E-state index contributed by atoms with van der Waals surface area (Å²) in [4.78, 5) is 14.5. The highest BCUT2D eigenvalue weighted by Crippen LogP contribution is 2.38. The molecule has 0 fully saturated rings. The standard InChI is InChI=1S/C17H14ClNO2/c1-3-17(2)19(13-7-5-4-6-8-13)16(20)14-11-12(18)9-10-15(14)21-17/h3-11H,1H2,2H3. The zero-order chi connectivity index (χ0) is 15.0. The number of benzene rings is 2. The molecule has 2 aromatic carbocycles. The van der Waals surface area contributed by atoms with E-state index in [2.05, 4.69) is 6.58 Å². The molecule has 2 aromatic rings. The molecule has 0 aromatic heterocycles. The second-order valence-electron chi connectivity index (χ2n) is 4.98. The number of hydrogen-bond donors (Lipinski definition) is 0. The minimum atomic E-state index is -0.945. The van der Waals surface area contributed by atoms with Gasteiger partial charge in [-0.3, -0.25) is 9.69 Å². The van der Waals surface area contributed by atoms with Gasteiger partial charge in [0, 0.05) is 10.7 Å². The molecular weight excluding hydrogens is 286 g/mol. The molecule has 0 radical (unpaired) electrons. The topological polar surface area (TPSA) is 29.5 Å². The summed E-state index contributed by atoms with van der Waals surface area (Å²) in [6, 6.07) is 14.4. The normalized spacial score (nSPS) is 20.7. The number of carbonyl (C=O) groups is 1. The van der Waals surface area contributed by atoms with Crippen molar-refractivity contribution in [3.05, 3.63) is 71.8 Å². The van der Waals surface area contributed by atoms with Crippen LogP contribution in [0.15, 0.2) is 61.2 Å². The van der Waals surface area contributed by atoms with E-state index in [0.29, 0.717) is 16.3 Å². The fraction of sp³-hybridized carbons (Fsp3) is 0.118. The monoisotopic (exact) mass is 299 g/mol. The molecule has 0 saturated carbocycles. The molecule has 21 heavy (non-hydrogen) atoms. The van der Waals surface area contributed by atoms with Crippen LogP contribution in [0.2, 0.25) is 5.02 Å².